The van der Waals surface area contributed by atoms with Crippen LogP contribution in [0.4, 0.5) is 0 Å². The normalized spacial score (nSPS) is 27.3. The molecule has 1 unspecified atom stereocenters. The third kappa shape index (κ3) is 4.59. The summed E-state index contributed by atoms with van der Waals surface area (Å²) < 4.78 is 1.87. The van der Waals surface area contributed by atoms with Gasteiger partial charge in [0.2, 0.25) is 11.8 Å². The van der Waals surface area contributed by atoms with Gasteiger partial charge in [0, 0.05) is 52.1 Å². The Balaban J connectivity index is 1.49. The van der Waals surface area contributed by atoms with Crippen molar-refractivity contribution < 1.29 is 19.6 Å². The van der Waals surface area contributed by atoms with Crippen LogP contribution in [0.15, 0.2) is 6.20 Å². The second kappa shape index (κ2) is 8.59. The van der Waals surface area contributed by atoms with Gasteiger partial charge in [0.1, 0.15) is 6.04 Å². The molecule has 1 aromatic rings. The molecule has 26 heavy (non-hydrogen) atoms. The Hall–Kier alpha value is -2.00. The summed E-state index contributed by atoms with van der Waals surface area (Å²) in [5, 5.41) is 22.9. The van der Waals surface area contributed by atoms with E-state index in [9.17, 15) is 9.59 Å². The largest absolute Gasteiger partial charge is 0.396 e. The Labute approximate surface area is 153 Å². The van der Waals surface area contributed by atoms with E-state index in [-0.39, 0.29) is 24.3 Å². The van der Waals surface area contributed by atoms with Crippen LogP contribution in [-0.4, -0.2) is 70.7 Å². The molecule has 0 aliphatic carbocycles. The van der Waals surface area contributed by atoms with Gasteiger partial charge in [0.15, 0.2) is 0 Å². The number of aromatic nitrogens is 3. The summed E-state index contributed by atoms with van der Waals surface area (Å²) in [6.45, 7) is 5.28. The summed E-state index contributed by atoms with van der Waals surface area (Å²) in [6.07, 6.45) is 4.55. The molecule has 2 bridgehead atoms. The second-order valence-corrected chi connectivity index (χ2v) is 7.38. The van der Waals surface area contributed by atoms with Crippen LogP contribution in [0.3, 0.4) is 0 Å². The Morgan fingerprint density at radius 2 is 2.19 bits per heavy atom. The standard InChI is InChI=1S/C17H28N6O3/c1-12(25)18-4-5-19-17(26)16-11-22-6-2-13(16)8-15(22)10-23-9-14(3-7-24)20-21-23/h9,13,15-16,24H,2-8,10-11H2,1H3,(H,18,25)(H,19,26)/p+1/t13-,15-,16+/m1/s1. The third-order valence-corrected chi connectivity index (χ3v) is 5.55. The Bertz CT molecular complexity index is 634. The zero-order valence-electron chi connectivity index (χ0n) is 15.3. The van der Waals surface area contributed by atoms with Gasteiger partial charge in [-0.1, -0.05) is 5.21 Å². The first-order chi connectivity index (χ1) is 12.6. The molecule has 9 nitrogen and oxygen atoms in total. The highest BCUT2D eigenvalue weighted by molar-refractivity contribution is 5.79. The number of nitrogens with zero attached hydrogens (tertiary/aromatic N) is 3. The molecular formula is C17H29N6O3+. The lowest BCUT2D eigenvalue weighted by atomic mass is 9.75. The van der Waals surface area contributed by atoms with Crippen LogP contribution in [0.25, 0.3) is 0 Å². The van der Waals surface area contributed by atoms with E-state index in [2.05, 4.69) is 20.9 Å². The first-order valence-electron chi connectivity index (χ1n) is 9.43. The molecular weight excluding hydrogens is 336 g/mol. The van der Waals surface area contributed by atoms with Gasteiger partial charge in [0.05, 0.1) is 31.2 Å². The number of carbonyl (C=O) groups excluding carboxylic acids is 2. The number of aliphatic hydroxyl groups excluding tert-OH is 1. The van der Waals surface area contributed by atoms with Gasteiger partial charge < -0.3 is 20.6 Å². The third-order valence-electron chi connectivity index (χ3n) is 5.55. The van der Waals surface area contributed by atoms with Crippen molar-refractivity contribution >= 4 is 11.8 Å². The molecule has 4 atom stereocenters. The molecule has 4 N–H and O–H groups in total. The van der Waals surface area contributed by atoms with Crippen molar-refractivity contribution in [2.24, 2.45) is 11.8 Å². The monoisotopic (exact) mass is 365 g/mol. The number of carbonyl (C=O) groups is 2. The highest BCUT2D eigenvalue weighted by atomic mass is 16.3. The SMILES string of the molecule is CC(=O)NCCNC(=O)[C@H]1C[NH+]2CC[C@@H]1C[C@@H]2Cn1cc(CCO)nn1. The molecule has 4 heterocycles. The number of aliphatic hydroxyl groups is 1. The van der Waals surface area contributed by atoms with Crippen LogP contribution in [0.2, 0.25) is 0 Å². The van der Waals surface area contributed by atoms with Crippen LogP contribution >= 0.6 is 0 Å². The second-order valence-electron chi connectivity index (χ2n) is 7.38. The van der Waals surface area contributed by atoms with Crippen molar-refractivity contribution in [3.8, 4) is 0 Å². The van der Waals surface area contributed by atoms with Crippen molar-refractivity contribution in [2.75, 3.05) is 32.8 Å². The smallest absolute Gasteiger partial charge is 0.229 e. The first-order valence-corrected chi connectivity index (χ1v) is 9.43. The highest BCUT2D eigenvalue weighted by Gasteiger charge is 2.46. The minimum atomic E-state index is -0.0790. The fraction of sp³-hybridized carbons (Fsp3) is 0.765. The molecule has 9 heteroatoms. The van der Waals surface area contributed by atoms with Crippen molar-refractivity contribution in [3.63, 3.8) is 0 Å². The van der Waals surface area contributed by atoms with Crippen molar-refractivity contribution in [2.45, 2.75) is 38.8 Å². The van der Waals surface area contributed by atoms with Crippen molar-refractivity contribution in [1.82, 2.24) is 25.6 Å². The zero-order chi connectivity index (χ0) is 18.5. The summed E-state index contributed by atoms with van der Waals surface area (Å²) in [7, 11) is 0. The molecule has 3 fully saturated rings. The predicted molar refractivity (Wildman–Crippen MR) is 93.2 cm³/mol. The van der Waals surface area contributed by atoms with Crippen LogP contribution in [0.5, 0.6) is 0 Å². The van der Waals surface area contributed by atoms with Crippen LogP contribution in [0, 0.1) is 11.8 Å². The van der Waals surface area contributed by atoms with Gasteiger partial charge in [-0.3, -0.25) is 9.59 Å². The summed E-state index contributed by atoms with van der Waals surface area (Å²) in [6, 6.07) is 0.459. The maximum absolute atomic E-state index is 12.5. The minimum Gasteiger partial charge on any atom is -0.396 e. The van der Waals surface area contributed by atoms with E-state index in [0.29, 0.717) is 31.5 Å². The predicted octanol–water partition coefficient (Wildman–Crippen LogP) is -2.64. The average Bonchev–Trinajstić information content (AvgIpc) is 3.06. The number of rotatable bonds is 8. The first kappa shape index (κ1) is 18.8. The van der Waals surface area contributed by atoms with Gasteiger partial charge >= 0.3 is 0 Å². The fourth-order valence-electron chi connectivity index (χ4n) is 4.26. The topological polar surface area (TPSA) is 114 Å². The van der Waals surface area contributed by atoms with Crippen LogP contribution < -0.4 is 15.5 Å². The van der Waals surface area contributed by atoms with E-state index >= 15 is 0 Å². The molecule has 1 aromatic heterocycles. The molecule has 0 saturated carbocycles. The van der Waals surface area contributed by atoms with Gasteiger partial charge in [-0.15, -0.1) is 5.10 Å². The lowest BCUT2D eigenvalue weighted by molar-refractivity contribution is -0.945. The average molecular weight is 365 g/mol. The number of amides is 2. The number of quaternary nitrogens is 1. The maximum atomic E-state index is 12.5. The highest BCUT2D eigenvalue weighted by Crippen LogP contribution is 2.27. The van der Waals surface area contributed by atoms with Crippen molar-refractivity contribution in [1.29, 1.82) is 0 Å². The minimum absolute atomic E-state index is 0.0630. The maximum Gasteiger partial charge on any atom is 0.229 e. The van der Waals surface area contributed by atoms with Gasteiger partial charge in [0.25, 0.3) is 0 Å². The van der Waals surface area contributed by atoms with Crippen molar-refractivity contribution in [3.05, 3.63) is 11.9 Å². The zero-order valence-corrected chi connectivity index (χ0v) is 15.3. The number of hydrogen-bond acceptors (Lipinski definition) is 5. The number of nitrogens with one attached hydrogen (secondary N) is 3. The molecule has 0 aromatic carbocycles. The number of piperidine rings is 3. The van der Waals surface area contributed by atoms with E-state index in [4.69, 9.17) is 5.11 Å². The van der Waals surface area contributed by atoms with Crippen LogP contribution in [0.1, 0.15) is 25.5 Å². The summed E-state index contributed by atoms with van der Waals surface area (Å²) >= 11 is 0. The molecule has 3 saturated heterocycles. The van der Waals surface area contributed by atoms with Gasteiger partial charge in [-0.05, 0) is 5.92 Å². The Kier molecular flexibility index (Phi) is 6.20. The summed E-state index contributed by atoms with van der Waals surface area (Å²) in [4.78, 5) is 24.8. The van der Waals surface area contributed by atoms with E-state index in [1.165, 1.54) is 11.8 Å². The molecule has 3 aliphatic rings. The molecule has 4 rings (SSSR count). The quantitative estimate of drug-likeness (QED) is 0.376. The summed E-state index contributed by atoms with van der Waals surface area (Å²) in [5.41, 5.74) is 0.815. The Morgan fingerprint density at radius 1 is 1.38 bits per heavy atom. The fourth-order valence-corrected chi connectivity index (χ4v) is 4.26. The molecule has 3 aliphatic heterocycles. The number of fused-ring (bicyclic) bond motifs is 3. The molecule has 0 spiro atoms. The van der Waals surface area contributed by atoms with Crippen LogP contribution in [-0.2, 0) is 22.6 Å². The van der Waals surface area contributed by atoms with Gasteiger partial charge in [-0.25, -0.2) is 4.68 Å². The van der Waals surface area contributed by atoms with Gasteiger partial charge in [-0.2, -0.15) is 0 Å². The van der Waals surface area contributed by atoms with E-state index in [0.717, 1.165) is 38.2 Å². The summed E-state index contributed by atoms with van der Waals surface area (Å²) in [5.74, 6) is 0.512. The molecule has 144 valence electrons. The molecule has 0 radical (unpaired) electrons. The van der Waals surface area contributed by atoms with E-state index in [1.807, 2.05) is 10.9 Å². The number of hydrogen-bond donors (Lipinski definition) is 4. The lowest BCUT2D eigenvalue weighted by Crippen LogP contribution is -3.20. The Morgan fingerprint density at radius 3 is 2.88 bits per heavy atom. The van der Waals surface area contributed by atoms with E-state index in [1.54, 1.807) is 0 Å². The lowest BCUT2D eigenvalue weighted by Gasteiger charge is -2.46. The molecule has 2 amide bonds. The van der Waals surface area contributed by atoms with E-state index < -0.39 is 0 Å².